The van der Waals surface area contributed by atoms with E-state index < -0.39 is 5.97 Å². The van der Waals surface area contributed by atoms with E-state index in [2.05, 4.69) is 51.7 Å². The molecule has 0 spiro atoms. The molecule has 41 heavy (non-hydrogen) atoms. The number of ether oxygens (including phenoxy) is 2. The van der Waals surface area contributed by atoms with Crippen molar-refractivity contribution in [3.05, 3.63) is 89.7 Å². The third kappa shape index (κ3) is 5.16. The van der Waals surface area contributed by atoms with E-state index in [1.54, 1.807) is 43.2 Å². The predicted octanol–water partition coefficient (Wildman–Crippen LogP) is 5.35. The van der Waals surface area contributed by atoms with Gasteiger partial charge in [-0.3, -0.25) is 14.6 Å². The number of nitrogens with one attached hydrogen (secondary N) is 1. The summed E-state index contributed by atoms with van der Waals surface area (Å²) in [5.41, 5.74) is 5.70. The van der Waals surface area contributed by atoms with Gasteiger partial charge < -0.3 is 14.8 Å². The minimum atomic E-state index is -0.582. The van der Waals surface area contributed by atoms with Crippen molar-refractivity contribution in [2.45, 2.75) is 26.3 Å². The fourth-order valence-corrected chi connectivity index (χ4v) is 5.54. The summed E-state index contributed by atoms with van der Waals surface area (Å²) in [7, 11) is 1.59. The van der Waals surface area contributed by atoms with Gasteiger partial charge in [-0.05, 0) is 85.9 Å². The quantitative estimate of drug-likeness (QED) is 0.295. The van der Waals surface area contributed by atoms with Gasteiger partial charge in [0.1, 0.15) is 11.4 Å². The molecule has 4 aromatic rings. The van der Waals surface area contributed by atoms with Gasteiger partial charge in [-0.15, -0.1) is 0 Å². The Morgan fingerprint density at radius 2 is 1.66 bits per heavy atom. The summed E-state index contributed by atoms with van der Waals surface area (Å²) in [6.45, 7) is 5.36. The first-order chi connectivity index (χ1) is 20.1. The molecule has 0 aliphatic carbocycles. The van der Waals surface area contributed by atoms with Crippen molar-refractivity contribution in [1.82, 2.24) is 14.7 Å². The molecular weight excluding hydrogens is 518 g/mol. The number of anilines is 2. The van der Waals surface area contributed by atoms with Crippen LogP contribution in [0.3, 0.4) is 0 Å². The van der Waals surface area contributed by atoms with Gasteiger partial charge in [0.05, 0.1) is 26.1 Å². The number of hydrogen-bond acceptors (Lipinski definition) is 7. The Bertz CT molecular complexity index is 1560. The zero-order valence-corrected chi connectivity index (χ0v) is 23.3. The number of amides is 1. The smallest absolute Gasteiger partial charge is 0.361 e. The minimum Gasteiger partial charge on any atom is -0.497 e. The largest absolute Gasteiger partial charge is 0.497 e. The van der Waals surface area contributed by atoms with Gasteiger partial charge >= 0.3 is 5.97 Å². The standard InChI is InChI=1S/C32H33N5O4/c1-3-41-32(39)29-28-30(37(34-29)25-14-16-26(40-2)17-15-25)31(38)36(21-33-28)24-12-10-22(11-13-24)27-9-5-4-8-23(27)20-35-18-6-7-19-35/h4-5,8-17,33H,3,6-7,18-21H2,1-2H3. The van der Waals surface area contributed by atoms with Crippen LogP contribution in [0.1, 0.15) is 46.3 Å². The second kappa shape index (κ2) is 11.5. The molecule has 6 rings (SSSR count). The number of rotatable bonds is 8. The Kier molecular flexibility index (Phi) is 7.43. The monoisotopic (exact) mass is 551 g/mol. The van der Waals surface area contributed by atoms with Gasteiger partial charge in [0.2, 0.25) is 0 Å². The molecule has 1 aromatic heterocycles. The molecule has 1 saturated heterocycles. The van der Waals surface area contributed by atoms with E-state index in [9.17, 15) is 9.59 Å². The van der Waals surface area contributed by atoms with Crippen LogP contribution in [0.4, 0.5) is 11.4 Å². The van der Waals surface area contributed by atoms with Crippen molar-refractivity contribution in [3.8, 4) is 22.6 Å². The Morgan fingerprint density at radius 1 is 0.951 bits per heavy atom. The molecule has 210 valence electrons. The van der Waals surface area contributed by atoms with Gasteiger partial charge in [-0.1, -0.05) is 36.4 Å². The Labute approximate surface area is 239 Å². The number of likely N-dealkylation sites (tertiary alicyclic amines) is 1. The first-order valence-electron chi connectivity index (χ1n) is 14.0. The molecule has 1 amide bonds. The highest BCUT2D eigenvalue weighted by molar-refractivity contribution is 6.13. The van der Waals surface area contributed by atoms with Crippen molar-refractivity contribution in [1.29, 1.82) is 0 Å². The minimum absolute atomic E-state index is 0.0793. The maximum atomic E-state index is 14.0. The van der Waals surface area contributed by atoms with Crippen molar-refractivity contribution in [2.75, 3.05) is 43.7 Å². The molecule has 2 aliphatic rings. The van der Waals surface area contributed by atoms with Crippen LogP contribution in [0.5, 0.6) is 5.75 Å². The van der Waals surface area contributed by atoms with E-state index in [4.69, 9.17) is 9.47 Å². The van der Waals surface area contributed by atoms with Gasteiger partial charge in [0.15, 0.2) is 11.4 Å². The number of nitrogens with zero attached hydrogens (tertiary/aromatic N) is 4. The molecule has 2 aliphatic heterocycles. The van der Waals surface area contributed by atoms with Gasteiger partial charge in [0.25, 0.3) is 5.91 Å². The molecule has 1 fully saturated rings. The molecule has 0 saturated carbocycles. The lowest BCUT2D eigenvalue weighted by atomic mass is 9.99. The van der Waals surface area contributed by atoms with E-state index in [1.165, 1.54) is 28.7 Å². The summed E-state index contributed by atoms with van der Waals surface area (Å²) in [5, 5.41) is 7.76. The van der Waals surface area contributed by atoms with E-state index in [0.29, 0.717) is 17.1 Å². The maximum Gasteiger partial charge on any atom is 0.361 e. The van der Waals surface area contributed by atoms with Gasteiger partial charge in [0, 0.05) is 12.2 Å². The summed E-state index contributed by atoms with van der Waals surface area (Å²) in [6, 6.07) is 23.7. The highest BCUT2D eigenvalue weighted by atomic mass is 16.5. The number of aromatic nitrogens is 2. The average Bonchev–Trinajstić information content (AvgIpc) is 3.67. The Hall–Kier alpha value is -4.63. The third-order valence-electron chi connectivity index (χ3n) is 7.63. The molecule has 9 nitrogen and oxygen atoms in total. The molecule has 0 atom stereocenters. The third-order valence-corrected chi connectivity index (χ3v) is 7.63. The second-order valence-corrected chi connectivity index (χ2v) is 10.2. The van der Waals surface area contributed by atoms with E-state index in [1.807, 2.05) is 12.1 Å². The van der Waals surface area contributed by atoms with Crippen LogP contribution in [-0.4, -0.2) is 60.0 Å². The Morgan fingerprint density at radius 3 is 2.37 bits per heavy atom. The highest BCUT2D eigenvalue weighted by Gasteiger charge is 2.35. The number of fused-ring (bicyclic) bond motifs is 1. The van der Waals surface area contributed by atoms with E-state index in [0.717, 1.165) is 30.9 Å². The average molecular weight is 552 g/mol. The van der Waals surface area contributed by atoms with Crippen molar-refractivity contribution >= 4 is 23.3 Å². The number of carbonyl (C=O) groups excluding carboxylic acids is 2. The topological polar surface area (TPSA) is 88.9 Å². The Balaban J connectivity index is 1.31. The summed E-state index contributed by atoms with van der Waals surface area (Å²) < 4.78 is 12.0. The first-order valence-corrected chi connectivity index (χ1v) is 14.0. The zero-order valence-electron chi connectivity index (χ0n) is 23.3. The zero-order chi connectivity index (χ0) is 28.3. The van der Waals surface area contributed by atoms with Crippen molar-refractivity contribution in [3.63, 3.8) is 0 Å². The number of esters is 1. The maximum absolute atomic E-state index is 14.0. The normalized spacial score (nSPS) is 15.0. The fourth-order valence-electron chi connectivity index (χ4n) is 5.54. The summed E-state index contributed by atoms with van der Waals surface area (Å²) in [6.07, 6.45) is 2.52. The second-order valence-electron chi connectivity index (χ2n) is 10.2. The van der Waals surface area contributed by atoms with Gasteiger partial charge in [-0.25, -0.2) is 9.48 Å². The predicted molar refractivity (Wildman–Crippen MR) is 158 cm³/mol. The summed E-state index contributed by atoms with van der Waals surface area (Å²) in [4.78, 5) is 30.9. The molecule has 9 heteroatoms. The number of benzene rings is 3. The lowest BCUT2D eigenvalue weighted by molar-refractivity contribution is 0.0520. The van der Waals surface area contributed by atoms with Crippen LogP contribution in [0.15, 0.2) is 72.8 Å². The molecule has 0 bridgehead atoms. The first kappa shape index (κ1) is 26.6. The lowest BCUT2D eigenvalue weighted by Crippen LogP contribution is -2.41. The van der Waals surface area contributed by atoms with Crippen LogP contribution in [-0.2, 0) is 11.3 Å². The molecule has 0 radical (unpaired) electrons. The molecule has 0 unspecified atom stereocenters. The fraction of sp³-hybridized carbons (Fsp3) is 0.281. The van der Waals surface area contributed by atoms with Crippen LogP contribution < -0.4 is 15.0 Å². The number of methoxy groups -OCH3 is 1. The lowest BCUT2D eigenvalue weighted by Gasteiger charge is -2.29. The summed E-state index contributed by atoms with van der Waals surface area (Å²) >= 11 is 0. The van der Waals surface area contributed by atoms with Gasteiger partial charge in [-0.2, -0.15) is 5.10 Å². The molecule has 3 aromatic carbocycles. The van der Waals surface area contributed by atoms with E-state index in [-0.39, 0.29) is 30.6 Å². The van der Waals surface area contributed by atoms with E-state index >= 15 is 0 Å². The molecule has 1 N–H and O–H groups in total. The van der Waals surface area contributed by atoms with Crippen LogP contribution >= 0.6 is 0 Å². The van der Waals surface area contributed by atoms with Crippen molar-refractivity contribution < 1.29 is 19.1 Å². The van der Waals surface area contributed by atoms with Crippen LogP contribution in [0.25, 0.3) is 16.8 Å². The number of carbonyl (C=O) groups is 2. The molecular formula is C32H33N5O4. The molecule has 3 heterocycles. The van der Waals surface area contributed by atoms with Crippen LogP contribution in [0, 0.1) is 0 Å². The van der Waals surface area contributed by atoms with Crippen molar-refractivity contribution in [2.24, 2.45) is 0 Å². The SMILES string of the molecule is CCOC(=O)c1nn(-c2ccc(OC)cc2)c2c1NCN(c1ccc(-c3ccccc3CN3CCCC3)cc1)C2=O. The number of hydrogen-bond donors (Lipinski definition) is 1. The van der Waals surface area contributed by atoms with Crippen LogP contribution in [0.2, 0.25) is 0 Å². The highest BCUT2D eigenvalue weighted by Crippen LogP contribution is 2.34. The summed E-state index contributed by atoms with van der Waals surface area (Å²) in [5.74, 6) is -0.171.